The van der Waals surface area contributed by atoms with E-state index in [1.807, 2.05) is 13.1 Å². The average molecular weight is 282 g/mol. The highest BCUT2D eigenvalue weighted by Crippen LogP contribution is 2.27. The van der Waals surface area contributed by atoms with E-state index in [0.29, 0.717) is 6.04 Å². The van der Waals surface area contributed by atoms with Gasteiger partial charge >= 0.3 is 0 Å². The number of benzene rings is 1. The van der Waals surface area contributed by atoms with E-state index >= 15 is 0 Å². The van der Waals surface area contributed by atoms with Gasteiger partial charge in [-0.15, -0.1) is 6.58 Å². The van der Waals surface area contributed by atoms with Gasteiger partial charge in [0.25, 0.3) is 0 Å². The Morgan fingerprint density at radius 3 is 2.81 bits per heavy atom. The van der Waals surface area contributed by atoms with Gasteiger partial charge in [-0.05, 0) is 50.4 Å². The SMILES string of the molecule is C=CCCCC(NC)c1ccc(C)cc1Br. The van der Waals surface area contributed by atoms with E-state index in [1.54, 1.807) is 0 Å². The van der Waals surface area contributed by atoms with Gasteiger partial charge in [-0.3, -0.25) is 0 Å². The Bertz CT molecular complexity index is 347. The van der Waals surface area contributed by atoms with Crippen molar-refractivity contribution in [1.29, 1.82) is 0 Å². The fourth-order valence-electron chi connectivity index (χ4n) is 1.84. The molecule has 1 N–H and O–H groups in total. The monoisotopic (exact) mass is 281 g/mol. The lowest BCUT2D eigenvalue weighted by Gasteiger charge is -2.18. The first-order valence-electron chi connectivity index (χ1n) is 5.73. The molecule has 2 heteroatoms. The number of rotatable bonds is 6. The molecule has 0 aliphatic rings. The van der Waals surface area contributed by atoms with Crippen molar-refractivity contribution < 1.29 is 0 Å². The van der Waals surface area contributed by atoms with Crippen LogP contribution >= 0.6 is 15.9 Å². The molecule has 1 aromatic carbocycles. The molecular formula is C14H20BrN. The molecule has 1 rings (SSSR count). The Morgan fingerprint density at radius 2 is 2.25 bits per heavy atom. The minimum atomic E-state index is 0.426. The third-order valence-corrected chi connectivity index (χ3v) is 3.47. The first kappa shape index (κ1) is 13.5. The summed E-state index contributed by atoms with van der Waals surface area (Å²) in [5.74, 6) is 0. The third-order valence-electron chi connectivity index (χ3n) is 2.78. The number of allylic oxidation sites excluding steroid dienone is 1. The van der Waals surface area contributed by atoms with Gasteiger partial charge in [0.1, 0.15) is 0 Å². The molecular weight excluding hydrogens is 262 g/mol. The van der Waals surface area contributed by atoms with E-state index in [0.717, 1.165) is 12.8 Å². The number of unbranched alkanes of at least 4 members (excludes halogenated alkanes) is 1. The molecule has 1 aromatic rings. The molecule has 0 aromatic heterocycles. The molecule has 0 saturated heterocycles. The van der Waals surface area contributed by atoms with Crippen LogP contribution in [0.2, 0.25) is 0 Å². The summed E-state index contributed by atoms with van der Waals surface area (Å²) in [6.07, 6.45) is 5.39. The molecule has 0 radical (unpaired) electrons. The minimum Gasteiger partial charge on any atom is -0.313 e. The van der Waals surface area contributed by atoms with Crippen molar-refractivity contribution in [1.82, 2.24) is 5.32 Å². The third kappa shape index (κ3) is 3.76. The van der Waals surface area contributed by atoms with Crippen LogP contribution in [0.4, 0.5) is 0 Å². The van der Waals surface area contributed by atoms with Crippen LogP contribution in [0.25, 0.3) is 0 Å². The summed E-state index contributed by atoms with van der Waals surface area (Å²) in [5.41, 5.74) is 2.63. The summed E-state index contributed by atoms with van der Waals surface area (Å²) in [5, 5.41) is 3.37. The van der Waals surface area contributed by atoms with Gasteiger partial charge in [0, 0.05) is 10.5 Å². The van der Waals surface area contributed by atoms with Crippen LogP contribution in [0.5, 0.6) is 0 Å². The Hall–Kier alpha value is -0.600. The van der Waals surface area contributed by atoms with Gasteiger partial charge in [-0.2, -0.15) is 0 Å². The smallest absolute Gasteiger partial charge is 0.0328 e. The lowest BCUT2D eigenvalue weighted by molar-refractivity contribution is 0.528. The summed E-state index contributed by atoms with van der Waals surface area (Å²) >= 11 is 3.64. The molecule has 16 heavy (non-hydrogen) atoms. The van der Waals surface area contributed by atoms with E-state index in [-0.39, 0.29) is 0 Å². The second-order valence-electron chi connectivity index (χ2n) is 4.09. The van der Waals surface area contributed by atoms with Gasteiger partial charge in [-0.1, -0.05) is 34.1 Å². The van der Waals surface area contributed by atoms with E-state index in [1.165, 1.54) is 22.0 Å². The van der Waals surface area contributed by atoms with Crippen LogP contribution in [-0.2, 0) is 0 Å². The van der Waals surface area contributed by atoms with Gasteiger partial charge in [-0.25, -0.2) is 0 Å². The molecule has 1 atom stereocenters. The summed E-state index contributed by atoms with van der Waals surface area (Å²) in [7, 11) is 2.02. The molecule has 0 bridgehead atoms. The van der Waals surface area contributed by atoms with E-state index < -0.39 is 0 Å². The molecule has 88 valence electrons. The number of hydrogen-bond donors (Lipinski definition) is 1. The second kappa shape index (κ2) is 6.87. The van der Waals surface area contributed by atoms with Crippen LogP contribution in [0.1, 0.15) is 36.4 Å². The Balaban J connectivity index is 2.74. The maximum atomic E-state index is 3.76. The van der Waals surface area contributed by atoms with Crippen molar-refractivity contribution >= 4 is 15.9 Å². The predicted octanol–water partition coefficient (Wildman–Crippen LogP) is 4.37. The topological polar surface area (TPSA) is 12.0 Å². The average Bonchev–Trinajstić information content (AvgIpc) is 2.26. The normalized spacial score (nSPS) is 12.4. The highest BCUT2D eigenvalue weighted by molar-refractivity contribution is 9.10. The highest BCUT2D eigenvalue weighted by atomic mass is 79.9. The van der Waals surface area contributed by atoms with E-state index in [4.69, 9.17) is 0 Å². The van der Waals surface area contributed by atoms with Crippen molar-refractivity contribution in [2.45, 2.75) is 32.2 Å². The Labute approximate surface area is 107 Å². The zero-order chi connectivity index (χ0) is 12.0. The fraction of sp³-hybridized carbons (Fsp3) is 0.429. The number of halogens is 1. The van der Waals surface area contributed by atoms with Crippen molar-refractivity contribution in [3.63, 3.8) is 0 Å². The maximum absolute atomic E-state index is 3.76. The second-order valence-corrected chi connectivity index (χ2v) is 4.94. The Kier molecular flexibility index (Phi) is 5.78. The van der Waals surface area contributed by atoms with Crippen LogP contribution in [0.15, 0.2) is 35.3 Å². The summed E-state index contributed by atoms with van der Waals surface area (Å²) in [6, 6.07) is 6.97. The van der Waals surface area contributed by atoms with Crippen LogP contribution in [-0.4, -0.2) is 7.05 Å². The van der Waals surface area contributed by atoms with Gasteiger partial charge in [0.15, 0.2) is 0 Å². The Morgan fingerprint density at radius 1 is 1.50 bits per heavy atom. The van der Waals surface area contributed by atoms with Crippen LogP contribution in [0.3, 0.4) is 0 Å². The molecule has 0 aliphatic heterocycles. The standard InChI is InChI=1S/C14H20BrN/c1-4-5-6-7-14(16-3)12-9-8-11(2)10-13(12)15/h4,8-10,14,16H,1,5-7H2,2-3H3. The zero-order valence-electron chi connectivity index (χ0n) is 10.1. The van der Waals surface area contributed by atoms with Crippen molar-refractivity contribution in [2.24, 2.45) is 0 Å². The molecule has 1 nitrogen and oxygen atoms in total. The van der Waals surface area contributed by atoms with Gasteiger partial charge in [0.2, 0.25) is 0 Å². The van der Waals surface area contributed by atoms with Crippen LogP contribution in [0, 0.1) is 6.92 Å². The van der Waals surface area contributed by atoms with Crippen molar-refractivity contribution in [2.75, 3.05) is 7.05 Å². The minimum absolute atomic E-state index is 0.426. The molecule has 0 saturated carbocycles. The maximum Gasteiger partial charge on any atom is 0.0328 e. The lowest BCUT2D eigenvalue weighted by Crippen LogP contribution is -2.16. The van der Waals surface area contributed by atoms with Crippen LogP contribution < -0.4 is 5.32 Å². The summed E-state index contributed by atoms with van der Waals surface area (Å²) < 4.78 is 1.20. The summed E-state index contributed by atoms with van der Waals surface area (Å²) in [6.45, 7) is 5.87. The van der Waals surface area contributed by atoms with Gasteiger partial charge in [0.05, 0.1) is 0 Å². The molecule has 0 spiro atoms. The number of nitrogens with one attached hydrogen (secondary N) is 1. The molecule has 0 amide bonds. The van der Waals surface area contributed by atoms with E-state index in [2.05, 4.69) is 52.9 Å². The number of aryl methyl sites for hydroxylation is 1. The van der Waals surface area contributed by atoms with E-state index in [9.17, 15) is 0 Å². The lowest BCUT2D eigenvalue weighted by atomic mass is 10.00. The first-order chi connectivity index (χ1) is 7.69. The first-order valence-corrected chi connectivity index (χ1v) is 6.52. The molecule has 0 fully saturated rings. The van der Waals surface area contributed by atoms with Gasteiger partial charge < -0.3 is 5.32 Å². The van der Waals surface area contributed by atoms with Crippen molar-refractivity contribution in [3.05, 3.63) is 46.5 Å². The number of hydrogen-bond acceptors (Lipinski definition) is 1. The summed E-state index contributed by atoms with van der Waals surface area (Å²) in [4.78, 5) is 0. The molecule has 0 aliphatic carbocycles. The zero-order valence-corrected chi connectivity index (χ0v) is 11.7. The fourth-order valence-corrected chi connectivity index (χ4v) is 2.61. The highest BCUT2D eigenvalue weighted by Gasteiger charge is 2.11. The quantitative estimate of drug-likeness (QED) is 0.603. The predicted molar refractivity (Wildman–Crippen MR) is 74.7 cm³/mol. The largest absolute Gasteiger partial charge is 0.313 e. The molecule has 1 unspecified atom stereocenters. The van der Waals surface area contributed by atoms with Crippen molar-refractivity contribution in [3.8, 4) is 0 Å². The molecule has 0 heterocycles.